The van der Waals surface area contributed by atoms with Crippen LogP contribution in [0.5, 0.6) is 0 Å². The lowest BCUT2D eigenvalue weighted by Gasteiger charge is -2.22. The molecule has 0 aliphatic rings. The molecule has 0 amide bonds. The van der Waals surface area contributed by atoms with Gasteiger partial charge in [-0.3, -0.25) is 10.1 Å². The van der Waals surface area contributed by atoms with E-state index < -0.39 is 11.5 Å². The van der Waals surface area contributed by atoms with Crippen molar-refractivity contribution in [3.05, 3.63) is 23.2 Å². The largest absolute Gasteiger partial charge is 0.468 e. The van der Waals surface area contributed by atoms with Crippen LogP contribution in [0.4, 0.5) is 0 Å². The van der Waals surface area contributed by atoms with Gasteiger partial charge in [-0.1, -0.05) is 0 Å². The molecule has 0 spiro atoms. The molecule has 0 aliphatic carbocycles. The van der Waals surface area contributed by atoms with E-state index in [1.165, 1.54) is 14.2 Å². The molecule has 0 saturated heterocycles. The monoisotopic (exact) mass is 269 g/mol. The zero-order chi connectivity index (χ0) is 14.6. The quantitative estimate of drug-likeness (QED) is 0.814. The average Bonchev–Trinajstić information content (AvgIpc) is 2.75. The van der Waals surface area contributed by atoms with Crippen molar-refractivity contribution in [2.24, 2.45) is 0 Å². The Morgan fingerprint density at radius 1 is 1.32 bits per heavy atom. The fourth-order valence-corrected chi connectivity index (χ4v) is 1.58. The minimum Gasteiger partial charge on any atom is -0.468 e. The SMILES string of the molecule is COC(=O)c1cc(CNC(C)(C)C(=O)OC)oc1C. The maximum absolute atomic E-state index is 11.5. The van der Waals surface area contributed by atoms with E-state index in [4.69, 9.17) is 4.42 Å². The van der Waals surface area contributed by atoms with Gasteiger partial charge in [0.25, 0.3) is 0 Å². The zero-order valence-electron chi connectivity index (χ0n) is 11.8. The molecule has 106 valence electrons. The van der Waals surface area contributed by atoms with Crippen molar-refractivity contribution in [3.63, 3.8) is 0 Å². The summed E-state index contributed by atoms with van der Waals surface area (Å²) in [5.41, 5.74) is -0.448. The number of rotatable bonds is 5. The van der Waals surface area contributed by atoms with Crippen molar-refractivity contribution >= 4 is 11.9 Å². The number of nitrogens with one attached hydrogen (secondary N) is 1. The van der Waals surface area contributed by atoms with E-state index in [1.807, 2.05) is 0 Å². The first kappa shape index (κ1) is 15.2. The molecule has 6 heteroatoms. The first-order chi connectivity index (χ1) is 8.81. The minimum absolute atomic E-state index is 0.305. The lowest BCUT2D eigenvalue weighted by molar-refractivity contribution is -0.147. The molecule has 0 aliphatic heterocycles. The maximum Gasteiger partial charge on any atom is 0.341 e. The topological polar surface area (TPSA) is 77.8 Å². The lowest BCUT2D eigenvalue weighted by atomic mass is 10.1. The third-order valence-corrected chi connectivity index (χ3v) is 2.77. The van der Waals surface area contributed by atoms with Crippen LogP contribution in [0.1, 0.15) is 35.7 Å². The Kier molecular flexibility index (Phi) is 4.72. The van der Waals surface area contributed by atoms with Gasteiger partial charge in [-0.05, 0) is 26.8 Å². The number of hydrogen-bond acceptors (Lipinski definition) is 6. The molecule has 1 rings (SSSR count). The van der Waals surface area contributed by atoms with Gasteiger partial charge in [0.2, 0.25) is 0 Å². The average molecular weight is 269 g/mol. The van der Waals surface area contributed by atoms with Gasteiger partial charge in [0.15, 0.2) is 0 Å². The number of furan rings is 1. The Morgan fingerprint density at radius 2 is 1.95 bits per heavy atom. The normalized spacial score (nSPS) is 11.2. The summed E-state index contributed by atoms with van der Waals surface area (Å²) in [6, 6.07) is 1.60. The first-order valence-electron chi connectivity index (χ1n) is 5.83. The highest BCUT2D eigenvalue weighted by Crippen LogP contribution is 2.16. The number of hydrogen-bond donors (Lipinski definition) is 1. The molecule has 0 atom stereocenters. The van der Waals surface area contributed by atoms with E-state index in [1.54, 1.807) is 26.8 Å². The molecule has 0 bridgehead atoms. The van der Waals surface area contributed by atoms with Crippen molar-refractivity contribution in [1.82, 2.24) is 5.32 Å². The number of aryl methyl sites for hydroxylation is 1. The van der Waals surface area contributed by atoms with Crippen LogP contribution < -0.4 is 5.32 Å². The minimum atomic E-state index is -0.832. The van der Waals surface area contributed by atoms with Crippen LogP contribution in [0, 0.1) is 6.92 Å². The Morgan fingerprint density at radius 3 is 2.47 bits per heavy atom. The Labute approximate surface area is 112 Å². The lowest BCUT2D eigenvalue weighted by Crippen LogP contribution is -2.46. The van der Waals surface area contributed by atoms with Crippen molar-refractivity contribution in [1.29, 1.82) is 0 Å². The molecule has 0 aromatic carbocycles. The summed E-state index contributed by atoms with van der Waals surface area (Å²) in [7, 11) is 2.64. The standard InChI is InChI=1S/C13H19NO5/c1-8-10(11(15)17-4)6-9(19-8)7-14-13(2,3)12(16)18-5/h6,14H,7H2,1-5H3. The van der Waals surface area contributed by atoms with Crippen molar-refractivity contribution < 1.29 is 23.5 Å². The Balaban J connectivity index is 2.74. The highest BCUT2D eigenvalue weighted by atomic mass is 16.5. The van der Waals surface area contributed by atoms with Gasteiger partial charge >= 0.3 is 11.9 Å². The van der Waals surface area contributed by atoms with Crippen LogP contribution in [-0.2, 0) is 20.8 Å². The summed E-state index contributed by atoms with van der Waals surface area (Å²) in [5.74, 6) is 0.220. The third-order valence-electron chi connectivity index (χ3n) is 2.77. The molecule has 6 nitrogen and oxygen atoms in total. The Hall–Kier alpha value is -1.82. The van der Waals surface area contributed by atoms with Crippen LogP contribution in [0.3, 0.4) is 0 Å². The van der Waals surface area contributed by atoms with Crippen LogP contribution in [0.25, 0.3) is 0 Å². The Bertz CT molecular complexity index is 475. The highest BCUT2D eigenvalue weighted by Gasteiger charge is 2.28. The summed E-state index contributed by atoms with van der Waals surface area (Å²) in [6.07, 6.45) is 0. The molecule has 1 N–H and O–H groups in total. The van der Waals surface area contributed by atoms with Gasteiger partial charge < -0.3 is 13.9 Å². The molecule has 19 heavy (non-hydrogen) atoms. The molecule has 0 radical (unpaired) electrons. The predicted octanol–water partition coefficient (Wildman–Crippen LogP) is 1.42. The molecule has 0 saturated carbocycles. The molecular weight excluding hydrogens is 250 g/mol. The second-order valence-corrected chi connectivity index (χ2v) is 4.64. The second kappa shape index (κ2) is 5.88. The summed E-state index contributed by atoms with van der Waals surface area (Å²) < 4.78 is 14.8. The summed E-state index contributed by atoms with van der Waals surface area (Å²) in [4.78, 5) is 22.9. The third kappa shape index (κ3) is 3.57. The van der Waals surface area contributed by atoms with E-state index in [0.717, 1.165) is 0 Å². The molecule has 0 unspecified atom stereocenters. The fraction of sp³-hybridized carbons (Fsp3) is 0.538. The van der Waals surface area contributed by atoms with Gasteiger partial charge in [0, 0.05) is 0 Å². The van der Waals surface area contributed by atoms with Gasteiger partial charge in [-0.2, -0.15) is 0 Å². The van der Waals surface area contributed by atoms with E-state index >= 15 is 0 Å². The van der Waals surface area contributed by atoms with Crippen LogP contribution in [0.15, 0.2) is 10.5 Å². The number of esters is 2. The van der Waals surface area contributed by atoms with Crippen LogP contribution >= 0.6 is 0 Å². The predicted molar refractivity (Wildman–Crippen MR) is 67.7 cm³/mol. The van der Waals surface area contributed by atoms with E-state index in [2.05, 4.69) is 14.8 Å². The van der Waals surface area contributed by atoms with Crippen LogP contribution in [-0.4, -0.2) is 31.7 Å². The summed E-state index contributed by atoms with van der Waals surface area (Å²) >= 11 is 0. The van der Waals surface area contributed by atoms with Gasteiger partial charge in [-0.25, -0.2) is 4.79 Å². The number of methoxy groups -OCH3 is 2. The molecular formula is C13H19NO5. The summed E-state index contributed by atoms with van der Waals surface area (Å²) in [5, 5.41) is 3.00. The highest BCUT2D eigenvalue weighted by molar-refractivity contribution is 5.90. The smallest absolute Gasteiger partial charge is 0.341 e. The number of carbonyl (C=O) groups is 2. The van der Waals surface area contributed by atoms with Crippen molar-refractivity contribution in [3.8, 4) is 0 Å². The van der Waals surface area contributed by atoms with E-state index in [9.17, 15) is 9.59 Å². The zero-order valence-corrected chi connectivity index (χ0v) is 11.8. The van der Waals surface area contributed by atoms with Crippen molar-refractivity contribution in [2.45, 2.75) is 32.9 Å². The second-order valence-electron chi connectivity index (χ2n) is 4.64. The van der Waals surface area contributed by atoms with Gasteiger partial charge in [0.1, 0.15) is 22.6 Å². The first-order valence-corrected chi connectivity index (χ1v) is 5.83. The molecule has 0 fully saturated rings. The maximum atomic E-state index is 11.5. The number of ether oxygens (including phenoxy) is 2. The van der Waals surface area contributed by atoms with Gasteiger partial charge in [-0.15, -0.1) is 0 Å². The molecule has 1 aromatic heterocycles. The van der Waals surface area contributed by atoms with Gasteiger partial charge in [0.05, 0.1) is 20.8 Å². The molecule has 1 heterocycles. The van der Waals surface area contributed by atoms with Crippen molar-refractivity contribution in [2.75, 3.05) is 14.2 Å². The number of carbonyl (C=O) groups excluding carboxylic acids is 2. The van der Waals surface area contributed by atoms with E-state index in [0.29, 0.717) is 23.6 Å². The van der Waals surface area contributed by atoms with Crippen LogP contribution in [0.2, 0.25) is 0 Å². The summed E-state index contributed by atoms with van der Waals surface area (Å²) in [6.45, 7) is 5.40. The fourth-order valence-electron chi connectivity index (χ4n) is 1.58. The molecule has 1 aromatic rings. The van der Waals surface area contributed by atoms with E-state index in [-0.39, 0.29) is 5.97 Å².